The molecule has 7 heteroatoms. The van der Waals surface area contributed by atoms with Crippen LogP contribution in [-0.4, -0.2) is 52.3 Å². The summed E-state index contributed by atoms with van der Waals surface area (Å²) in [7, 11) is 1.70. The number of hydrogen-bond donors (Lipinski definition) is 3. The van der Waals surface area contributed by atoms with Crippen molar-refractivity contribution in [2.24, 2.45) is 23.2 Å². The molecule has 0 saturated heterocycles. The van der Waals surface area contributed by atoms with Crippen molar-refractivity contribution in [3.63, 3.8) is 0 Å². The van der Waals surface area contributed by atoms with Crippen LogP contribution in [0.5, 0.6) is 0 Å². The number of aliphatic hydroxyl groups excluding tert-OH is 2. The average molecular weight is 504 g/mol. The Morgan fingerprint density at radius 1 is 1.19 bits per heavy atom. The molecule has 1 aromatic carbocycles. The van der Waals surface area contributed by atoms with Crippen molar-refractivity contribution < 1.29 is 19.7 Å². The molecule has 0 aliphatic rings. The van der Waals surface area contributed by atoms with Crippen LogP contribution in [0.15, 0.2) is 24.4 Å². The average Bonchev–Trinajstić information content (AvgIpc) is 3.25. The first-order chi connectivity index (χ1) is 17.0. The first-order valence-electron chi connectivity index (χ1n) is 13.6. The lowest BCUT2D eigenvalue weighted by molar-refractivity contribution is -0.130. The van der Waals surface area contributed by atoms with Gasteiger partial charge >= 0.3 is 0 Å². The van der Waals surface area contributed by atoms with E-state index in [0.29, 0.717) is 13.0 Å². The number of nitrogens with zero attached hydrogens (tertiary/aromatic N) is 2. The van der Waals surface area contributed by atoms with Crippen LogP contribution in [0.25, 0.3) is 10.9 Å². The number of unbranched alkanes of at least 4 members (excludes halogenated alkanes) is 1. The summed E-state index contributed by atoms with van der Waals surface area (Å²) in [5, 5.41) is 30.7. The van der Waals surface area contributed by atoms with Gasteiger partial charge in [0.1, 0.15) is 0 Å². The van der Waals surface area contributed by atoms with E-state index in [1.807, 2.05) is 49.8 Å². The number of amides is 1. The molecule has 0 bridgehead atoms. The maximum absolute atomic E-state index is 12.6. The minimum Gasteiger partial charge on any atom is -0.391 e. The van der Waals surface area contributed by atoms with Crippen molar-refractivity contribution in [1.29, 1.82) is 0 Å². The summed E-state index contributed by atoms with van der Waals surface area (Å²) in [6.07, 6.45) is 4.94. The van der Waals surface area contributed by atoms with Crippen LogP contribution in [0, 0.1) is 23.2 Å². The fourth-order valence-corrected chi connectivity index (χ4v) is 4.78. The number of aromatic nitrogens is 2. The Balaban J connectivity index is 2.05. The molecule has 0 spiro atoms. The largest absolute Gasteiger partial charge is 0.391 e. The molecular formula is C29H49N3O4. The number of methoxy groups -OCH3 is 1. The van der Waals surface area contributed by atoms with E-state index < -0.39 is 17.6 Å². The predicted octanol–water partition coefficient (Wildman–Crippen LogP) is 5.10. The summed E-state index contributed by atoms with van der Waals surface area (Å²) in [6.45, 7) is 13.9. The quantitative estimate of drug-likeness (QED) is 0.277. The van der Waals surface area contributed by atoms with Gasteiger partial charge in [-0.3, -0.25) is 9.48 Å². The molecule has 3 N–H and O–H groups in total. The third kappa shape index (κ3) is 8.29. The van der Waals surface area contributed by atoms with Crippen molar-refractivity contribution in [3.05, 3.63) is 30.0 Å². The van der Waals surface area contributed by atoms with Gasteiger partial charge < -0.3 is 20.3 Å². The lowest BCUT2D eigenvalue weighted by Crippen LogP contribution is -2.42. The van der Waals surface area contributed by atoms with Crippen LogP contribution in [0.2, 0.25) is 0 Å². The van der Waals surface area contributed by atoms with Gasteiger partial charge in [0, 0.05) is 37.6 Å². The molecule has 4 atom stereocenters. The highest BCUT2D eigenvalue weighted by atomic mass is 16.5. The third-order valence-electron chi connectivity index (χ3n) is 7.53. The molecule has 7 nitrogen and oxygen atoms in total. The van der Waals surface area contributed by atoms with Crippen molar-refractivity contribution >= 4 is 16.8 Å². The molecule has 36 heavy (non-hydrogen) atoms. The summed E-state index contributed by atoms with van der Waals surface area (Å²) >= 11 is 0. The van der Waals surface area contributed by atoms with Crippen molar-refractivity contribution in [3.8, 4) is 0 Å². The Labute approximate surface area is 217 Å². The number of carbonyl (C=O) groups is 1. The zero-order chi connectivity index (χ0) is 26.9. The number of rotatable bonds is 16. The Kier molecular flexibility index (Phi) is 11.9. The fraction of sp³-hybridized carbons (Fsp3) is 0.724. The van der Waals surface area contributed by atoms with Gasteiger partial charge in [-0.1, -0.05) is 66.5 Å². The molecule has 0 aliphatic carbocycles. The van der Waals surface area contributed by atoms with Gasteiger partial charge in [-0.05, 0) is 48.6 Å². The number of aryl methyl sites for hydroxylation is 1. The van der Waals surface area contributed by atoms with E-state index in [-0.39, 0.29) is 30.2 Å². The van der Waals surface area contributed by atoms with Gasteiger partial charge in [0.05, 0.1) is 23.9 Å². The van der Waals surface area contributed by atoms with E-state index >= 15 is 0 Å². The van der Waals surface area contributed by atoms with Crippen molar-refractivity contribution in [2.75, 3.05) is 20.3 Å². The third-order valence-corrected chi connectivity index (χ3v) is 7.53. The van der Waals surface area contributed by atoms with Crippen LogP contribution in [0.3, 0.4) is 0 Å². The van der Waals surface area contributed by atoms with Crippen molar-refractivity contribution in [2.45, 2.75) is 92.4 Å². The Morgan fingerprint density at radius 2 is 1.92 bits per heavy atom. The van der Waals surface area contributed by atoms with Crippen LogP contribution < -0.4 is 5.32 Å². The molecule has 1 aromatic heterocycles. The maximum atomic E-state index is 12.6. The normalized spacial score (nSPS) is 15.7. The SMILES string of the molecule is CCCCC(C)(C)C(=O)NC[C@H](O)[C@@H](C)C[C@@H](C(C)C)C(O)c1ccc2cnn(CCCOC)c2c1. The Bertz CT molecular complexity index is 940. The Morgan fingerprint density at radius 3 is 2.56 bits per heavy atom. The number of hydrogen-bond acceptors (Lipinski definition) is 5. The molecule has 1 heterocycles. The smallest absolute Gasteiger partial charge is 0.225 e. The molecule has 2 aromatic rings. The summed E-state index contributed by atoms with van der Waals surface area (Å²) in [6, 6.07) is 6.03. The van der Waals surface area contributed by atoms with Crippen LogP contribution in [-0.2, 0) is 16.1 Å². The standard InChI is InChI=1S/C29H49N3O4/c1-8-9-13-29(5,6)28(35)30-19-26(33)21(4)16-24(20(2)3)27(34)22-11-12-23-18-31-32(25(23)17-22)14-10-15-36-7/h11-12,17-18,20-21,24,26-27,33-34H,8-10,13-16,19H2,1-7H3,(H,30,35)/t21-,24-,26-,27?/m0/s1. The maximum Gasteiger partial charge on any atom is 0.225 e. The highest BCUT2D eigenvalue weighted by Gasteiger charge is 2.31. The minimum absolute atomic E-state index is 0.0157. The molecule has 0 radical (unpaired) electrons. The molecule has 2 rings (SSSR count). The van der Waals surface area contributed by atoms with Gasteiger partial charge in [-0.25, -0.2) is 0 Å². The van der Waals surface area contributed by atoms with Gasteiger partial charge in [0.2, 0.25) is 5.91 Å². The highest BCUT2D eigenvalue weighted by Crippen LogP contribution is 2.35. The number of fused-ring (bicyclic) bond motifs is 1. The molecule has 0 aliphatic heterocycles. The molecule has 1 amide bonds. The fourth-order valence-electron chi connectivity index (χ4n) is 4.78. The first-order valence-corrected chi connectivity index (χ1v) is 13.6. The number of aliphatic hydroxyl groups is 2. The van der Waals surface area contributed by atoms with E-state index in [1.54, 1.807) is 7.11 Å². The van der Waals surface area contributed by atoms with Crippen LogP contribution in [0.1, 0.15) is 85.3 Å². The summed E-state index contributed by atoms with van der Waals surface area (Å²) in [4.78, 5) is 12.6. The summed E-state index contributed by atoms with van der Waals surface area (Å²) < 4.78 is 7.13. The zero-order valence-electron chi connectivity index (χ0n) is 23.5. The molecule has 0 saturated carbocycles. The van der Waals surface area contributed by atoms with E-state index in [9.17, 15) is 15.0 Å². The summed E-state index contributed by atoms with van der Waals surface area (Å²) in [5.41, 5.74) is 1.43. The van der Waals surface area contributed by atoms with Gasteiger partial charge in [0.25, 0.3) is 0 Å². The van der Waals surface area contributed by atoms with Gasteiger partial charge in [0.15, 0.2) is 0 Å². The first kappa shape index (κ1) is 30.3. The lowest BCUT2D eigenvalue weighted by Gasteiger charge is -2.31. The van der Waals surface area contributed by atoms with E-state index in [1.165, 1.54) is 0 Å². The van der Waals surface area contributed by atoms with E-state index in [2.05, 4.69) is 31.2 Å². The minimum atomic E-state index is -0.672. The van der Waals surface area contributed by atoms with Crippen LogP contribution >= 0.6 is 0 Å². The van der Waals surface area contributed by atoms with Gasteiger partial charge in [-0.15, -0.1) is 0 Å². The zero-order valence-corrected chi connectivity index (χ0v) is 23.5. The molecule has 0 fully saturated rings. The van der Waals surface area contributed by atoms with E-state index in [4.69, 9.17) is 4.74 Å². The van der Waals surface area contributed by atoms with E-state index in [0.717, 1.165) is 48.7 Å². The lowest BCUT2D eigenvalue weighted by atomic mass is 9.79. The number of benzene rings is 1. The Hall–Kier alpha value is -1.96. The molecule has 204 valence electrons. The van der Waals surface area contributed by atoms with Crippen LogP contribution in [0.4, 0.5) is 0 Å². The number of nitrogens with one attached hydrogen (secondary N) is 1. The monoisotopic (exact) mass is 503 g/mol. The predicted molar refractivity (Wildman–Crippen MR) is 146 cm³/mol. The summed E-state index contributed by atoms with van der Waals surface area (Å²) in [5.74, 6) is 0.0978. The molecule has 1 unspecified atom stereocenters. The topological polar surface area (TPSA) is 96.6 Å². The second kappa shape index (κ2) is 14.1. The van der Waals surface area contributed by atoms with Gasteiger partial charge in [-0.2, -0.15) is 5.10 Å². The second-order valence-electron chi connectivity index (χ2n) is 11.4. The number of ether oxygens (including phenoxy) is 1. The number of carbonyl (C=O) groups excluding carboxylic acids is 1. The van der Waals surface area contributed by atoms with Crippen molar-refractivity contribution in [1.82, 2.24) is 15.1 Å². The molecular weight excluding hydrogens is 454 g/mol. The highest BCUT2D eigenvalue weighted by molar-refractivity contribution is 5.81. The second-order valence-corrected chi connectivity index (χ2v) is 11.4.